The van der Waals surface area contributed by atoms with Crippen molar-refractivity contribution in [2.24, 2.45) is 0 Å². The van der Waals surface area contributed by atoms with Gasteiger partial charge in [0.2, 0.25) is 0 Å². The highest BCUT2D eigenvalue weighted by molar-refractivity contribution is 7.84. The first-order valence-corrected chi connectivity index (χ1v) is 8.75. The van der Waals surface area contributed by atoms with Gasteiger partial charge >= 0.3 is 0 Å². The van der Waals surface area contributed by atoms with Crippen molar-refractivity contribution in [2.45, 2.75) is 56.6 Å². The molecule has 0 aliphatic heterocycles. The molecule has 0 radical (unpaired) electrons. The van der Waals surface area contributed by atoms with E-state index in [2.05, 4.69) is 43.4 Å². The van der Waals surface area contributed by atoms with Gasteiger partial charge < -0.3 is 5.32 Å². The number of hydrogen-bond acceptors (Lipinski definition) is 2. The fraction of sp³-hybridized carbons (Fsp3) is 0.625. The van der Waals surface area contributed by atoms with Gasteiger partial charge in [0, 0.05) is 22.6 Å². The van der Waals surface area contributed by atoms with Crippen molar-refractivity contribution >= 4 is 10.8 Å². The zero-order valence-electron chi connectivity index (χ0n) is 12.0. The van der Waals surface area contributed by atoms with Crippen LogP contribution >= 0.6 is 0 Å². The van der Waals surface area contributed by atoms with E-state index in [0.29, 0.717) is 17.0 Å². The molecule has 1 N–H and O–H groups in total. The summed E-state index contributed by atoms with van der Waals surface area (Å²) >= 11 is 0. The van der Waals surface area contributed by atoms with E-state index >= 15 is 0 Å². The van der Waals surface area contributed by atoms with Crippen molar-refractivity contribution in [3.05, 3.63) is 35.4 Å². The molecule has 2 nitrogen and oxygen atoms in total. The summed E-state index contributed by atoms with van der Waals surface area (Å²) in [4.78, 5) is 0. The van der Waals surface area contributed by atoms with Gasteiger partial charge in [0.25, 0.3) is 0 Å². The van der Waals surface area contributed by atoms with Gasteiger partial charge in [-0.25, -0.2) is 0 Å². The van der Waals surface area contributed by atoms with Gasteiger partial charge in [-0.3, -0.25) is 4.21 Å². The Labute approximate surface area is 119 Å². The minimum Gasteiger partial charge on any atom is -0.313 e. The molecule has 3 atom stereocenters. The molecule has 0 aromatic heterocycles. The molecule has 19 heavy (non-hydrogen) atoms. The van der Waals surface area contributed by atoms with Gasteiger partial charge in [0.05, 0.1) is 5.25 Å². The van der Waals surface area contributed by atoms with E-state index < -0.39 is 10.8 Å². The van der Waals surface area contributed by atoms with Gasteiger partial charge in [-0.05, 0) is 38.3 Å². The Bertz CT molecular complexity index is 433. The van der Waals surface area contributed by atoms with E-state index in [1.165, 1.54) is 24.0 Å². The van der Waals surface area contributed by atoms with E-state index in [0.717, 1.165) is 19.4 Å². The van der Waals surface area contributed by atoms with E-state index in [4.69, 9.17) is 0 Å². The van der Waals surface area contributed by atoms with Crippen LogP contribution in [0.2, 0.25) is 0 Å². The van der Waals surface area contributed by atoms with Crippen LogP contribution in [0.4, 0.5) is 0 Å². The number of nitrogens with one attached hydrogen (secondary N) is 1. The summed E-state index contributed by atoms with van der Waals surface area (Å²) in [5.74, 6) is 0.705. The minimum atomic E-state index is -0.751. The highest BCUT2D eigenvalue weighted by Crippen LogP contribution is 2.25. The number of aryl methyl sites for hydroxylation is 1. The molecule has 0 bridgehead atoms. The quantitative estimate of drug-likeness (QED) is 0.866. The zero-order chi connectivity index (χ0) is 13.7. The third kappa shape index (κ3) is 4.15. The smallest absolute Gasteiger partial charge is 0.0504 e. The SMILES string of the molecule is CCCNC1CCCC1S(=O)Cc1cccc(C)c1. The lowest BCUT2D eigenvalue weighted by molar-refractivity contribution is 0.523. The largest absolute Gasteiger partial charge is 0.313 e. The third-order valence-corrected chi connectivity index (χ3v) is 5.70. The molecule has 1 aliphatic carbocycles. The Balaban J connectivity index is 1.95. The van der Waals surface area contributed by atoms with Crippen LogP contribution in [0.5, 0.6) is 0 Å². The second kappa shape index (κ2) is 7.20. The predicted molar refractivity (Wildman–Crippen MR) is 82.7 cm³/mol. The lowest BCUT2D eigenvalue weighted by Gasteiger charge is -2.20. The molecule has 2 rings (SSSR count). The van der Waals surface area contributed by atoms with Crippen molar-refractivity contribution < 1.29 is 4.21 Å². The van der Waals surface area contributed by atoms with Crippen LogP contribution in [0.3, 0.4) is 0 Å². The second-order valence-corrected chi connectivity index (χ2v) is 7.20. The van der Waals surface area contributed by atoms with Crippen molar-refractivity contribution in [1.29, 1.82) is 0 Å². The molecule has 0 amide bonds. The normalized spacial score (nSPS) is 24.5. The molecule has 1 aromatic rings. The van der Waals surface area contributed by atoms with Gasteiger partial charge in [-0.1, -0.05) is 43.2 Å². The lowest BCUT2D eigenvalue weighted by Crippen LogP contribution is -2.38. The molecule has 1 aliphatic rings. The van der Waals surface area contributed by atoms with E-state index in [1.807, 2.05) is 0 Å². The highest BCUT2D eigenvalue weighted by Gasteiger charge is 2.31. The van der Waals surface area contributed by atoms with Crippen molar-refractivity contribution in [3.8, 4) is 0 Å². The molecule has 1 fully saturated rings. The topological polar surface area (TPSA) is 29.1 Å². The Morgan fingerprint density at radius 2 is 2.21 bits per heavy atom. The summed E-state index contributed by atoms with van der Waals surface area (Å²) in [6, 6.07) is 8.86. The van der Waals surface area contributed by atoms with Crippen molar-refractivity contribution in [3.63, 3.8) is 0 Å². The molecule has 1 saturated carbocycles. The van der Waals surface area contributed by atoms with Crippen molar-refractivity contribution in [1.82, 2.24) is 5.32 Å². The van der Waals surface area contributed by atoms with E-state index in [1.54, 1.807) is 0 Å². The van der Waals surface area contributed by atoms with E-state index in [-0.39, 0.29) is 0 Å². The number of rotatable bonds is 6. The Hall–Kier alpha value is -0.670. The van der Waals surface area contributed by atoms with Crippen LogP contribution in [-0.4, -0.2) is 22.0 Å². The maximum absolute atomic E-state index is 12.6. The monoisotopic (exact) mass is 279 g/mol. The first-order valence-electron chi connectivity index (χ1n) is 7.37. The zero-order valence-corrected chi connectivity index (χ0v) is 12.8. The van der Waals surface area contributed by atoms with Crippen LogP contribution < -0.4 is 5.32 Å². The van der Waals surface area contributed by atoms with Gasteiger partial charge in [0.1, 0.15) is 0 Å². The van der Waals surface area contributed by atoms with Crippen molar-refractivity contribution in [2.75, 3.05) is 6.54 Å². The first-order chi connectivity index (χ1) is 9.20. The van der Waals surface area contributed by atoms with Crippen LogP contribution in [0.1, 0.15) is 43.7 Å². The number of hydrogen-bond donors (Lipinski definition) is 1. The Morgan fingerprint density at radius 1 is 1.37 bits per heavy atom. The summed E-state index contributed by atoms with van der Waals surface area (Å²) in [6.07, 6.45) is 4.66. The summed E-state index contributed by atoms with van der Waals surface area (Å²) in [6.45, 7) is 5.32. The third-order valence-electron chi connectivity index (χ3n) is 3.84. The average Bonchev–Trinajstić information content (AvgIpc) is 2.84. The Morgan fingerprint density at radius 3 is 2.95 bits per heavy atom. The lowest BCUT2D eigenvalue weighted by atomic mass is 10.2. The van der Waals surface area contributed by atoms with Gasteiger partial charge in [-0.2, -0.15) is 0 Å². The van der Waals surface area contributed by atoms with Crippen LogP contribution in [0, 0.1) is 6.92 Å². The molecule has 106 valence electrons. The van der Waals surface area contributed by atoms with Gasteiger partial charge in [-0.15, -0.1) is 0 Å². The first kappa shape index (κ1) is 14.7. The van der Waals surface area contributed by atoms with E-state index in [9.17, 15) is 4.21 Å². The molecule has 0 heterocycles. The van der Waals surface area contributed by atoms with Crippen LogP contribution in [-0.2, 0) is 16.6 Å². The molecule has 3 unspecified atom stereocenters. The summed E-state index contributed by atoms with van der Waals surface area (Å²) in [5, 5.41) is 3.91. The predicted octanol–water partition coefficient (Wildman–Crippen LogP) is 3.16. The molecular formula is C16H25NOS. The minimum absolute atomic E-state index is 0.340. The van der Waals surface area contributed by atoms with Gasteiger partial charge in [0.15, 0.2) is 0 Å². The fourth-order valence-corrected chi connectivity index (χ4v) is 4.63. The standard InChI is InChI=1S/C16H25NOS/c1-3-10-17-15-8-5-9-16(15)19(18)12-14-7-4-6-13(2)11-14/h4,6-7,11,15-17H,3,5,8-10,12H2,1-2H3. The fourth-order valence-electron chi connectivity index (χ4n) is 2.88. The Kier molecular flexibility index (Phi) is 5.59. The maximum Gasteiger partial charge on any atom is 0.0504 e. The summed E-state index contributed by atoms with van der Waals surface area (Å²) in [7, 11) is -0.751. The van der Waals surface area contributed by atoms with Crippen LogP contribution in [0.15, 0.2) is 24.3 Å². The second-order valence-electron chi connectivity index (χ2n) is 5.54. The van der Waals surface area contributed by atoms with Crippen LogP contribution in [0.25, 0.3) is 0 Å². The molecule has 1 aromatic carbocycles. The highest BCUT2D eigenvalue weighted by atomic mass is 32.2. The molecule has 3 heteroatoms. The molecule has 0 saturated heterocycles. The number of benzene rings is 1. The average molecular weight is 279 g/mol. The summed E-state index contributed by atoms with van der Waals surface area (Å²) in [5.41, 5.74) is 2.46. The molecular weight excluding hydrogens is 254 g/mol. The maximum atomic E-state index is 12.6. The summed E-state index contributed by atoms with van der Waals surface area (Å²) < 4.78 is 12.6. The molecule has 0 spiro atoms.